The molecule has 35 heavy (non-hydrogen) atoms. The Kier molecular flexibility index (Phi) is 9.61. The third-order valence-corrected chi connectivity index (χ3v) is 5.82. The normalized spacial score (nSPS) is 10.3. The summed E-state index contributed by atoms with van der Waals surface area (Å²) < 4.78 is 20.8. The molecular weight excluding hydrogens is 472 g/mol. The Labute approximate surface area is 207 Å². The van der Waals surface area contributed by atoms with Gasteiger partial charge in [-0.05, 0) is 36.4 Å². The summed E-state index contributed by atoms with van der Waals surface area (Å²) in [6.07, 6.45) is 2.12. The number of ether oxygens (including phenoxy) is 3. The van der Waals surface area contributed by atoms with Gasteiger partial charge in [0.05, 0.1) is 31.7 Å². The molecule has 3 rings (SSSR count). The van der Waals surface area contributed by atoms with Crippen LogP contribution < -0.4 is 20.1 Å². The third kappa shape index (κ3) is 7.54. The van der Waals surface area contributed by atoms with Crippen LogP contribution in [-0.4, -0.2) is 50.9 Å². The SMILES string of the molecule is COc1cc(NC(=O)c2ccco2)c(C(=O)OCC(=O)NCCCSc2ccccc2)cc1OC. The van der Waals surface area contributed by atoms with Crippen LogP contribution in [0.3, 0.4) is 0 Å². The van der Waals surface area contributed by atoms with Crippen molar-refractivity contribution in [3.8, 4) is 11.5 Å². The average Bonchev–Trinajstić information content (AvgIpc) is 3.42. The van der Waals surface area contributed by atoms with E-state index in [1.165, 1.54) is 38.7 Å². The van der Waals surface area contributed by atoms with Crippen molar-refractivity contribution in [2.24, 2.45) is 0 Å². The van der Waals surface area contributed by atoms with E-state index >= 15 is 0 Å². The van der Waals surface area contributed by atoms with E-state index in [1.54, 1.807) is 17.8 Å². The van der Waals surface area contributed by atoms with Gasteiger partial charge in [-0.3, -0.25) is 9.59 Å². The molecule has 184 valence electrons. The van der Waals surface area contributed by atoms with Gasteiger partial charge in [-0.1, -0.05) is 18.2 Å². The summed E-state index contributed by atoms with van der Waals surface area (Å²) in [7, 11) is 2.84. The highest BCUT2D eigenvalue weighted by atomic mass is 32.2. The summed E-state index contributed by atoms with van der Waals surface area (Å²) >= 11 is 1.70. The van der Waals surface area contributed by atoms with Crippen LogP contribution in [0.4, 0.5) is 5.69 Å². The molecule has 0 saturated carbocycles. The lowest BCUT2D eigenvalue weighted by Gasteiger charge is -2.15. The molecule has 9 nitrogen and oxygen atoms in total. The molecule has 0 saturated heterocycles. The quantitative estimate of drug-likeness (QED) is 0.219. The minimum absolute atomic E-state index is 0.00498. The zero-order valence-corrected chi connectivity index (χ0v) is 20.2. The molecule has 0 aliphatic heterocycles. The lowest BCUT2D eigenvalue weighted by molar-refractivity contribution is -0.124. The van der Waals surface area contributed by atoms with Crippen molar-refractivity contribution < 1.29 is 33.0 Å². The number of amides is 2. The maximum Gasteiger partial charge on any atom is 0.340 e. The smallest absolute Gasteiger partial charge is 0.340 e. The molecule has 3 aromatic rings. The van der Waals surface area contributed by atoms with Gasteiger partial charge in [0.2, 0.25) is 0 Å². The zero-order chi connectivity index (χ0) is 25.0. The summed E-state index contributed by atoms with van der Waals surface area (Å²) in [6, 6.07) is 15.8. The number of rotatable bonds is 12. The molecule has 0 bridgehead atoms. The van der Waals surface area contributed by atoms with E-state index in [-0.39, 0.29) is 22.8 Å². The molecular formula is C25H26N2O7S. The van der Waals surface area contributed by atoms with E-state index in [0.717, 1.165) is 17.1 Å². The number of carbonyl (C=O) groups excluding carboxylic acids is 3. The second kappa shape index (κ2) is 13.1. The topological polar surface area (TPSA) is 116 Å². The van der Waals surface area contributed by atoms with Crippen LogP contribution in [0.5, 0.6) is 11.5 Å². The van der Waals surface area contributed by atoms with Crippen LogP contribution in [-0.2, 0) is 9.53 Å². The summed E-state index contributed by atoms with van der Waals surface area (Å²) in [5.41, 5.74) is 0.113. The van der Waals surface area contributed by atoms with Crippen molar-refractivity contribution in [3.05, 3.63) is 72.2 Å². The van der Waals surface area contributed by atoms with Crippen LogP contribution in [0.2, 0.25) is 0 Å². The predicted octanol–water partition coefficient (Wildman–Crippen LogP) is 4.00. The molecule has 0 radical (unpaired) electrons. The van der Waals surface area contributed by atoms with E-state index in [1.807, 2.05) is 30.3 Å². The van der Waals surface area contributed by atoms with Gasteiger partial charge in [-0.2, -0.15) is 0 Å². The summed E-state index contributed by atoms with van der Waals surface area (Å²) in [5.74, 6) is -0.346. The number of hydrogen-bond acceptors (Lipinski definition) is 8. The molecule has 2 amide bonds. The predicted molar refractivity (Wildman–Crippen MR) is 131 cm³/mol. The van der Waals surface area contributed by atoms with Gasteiger partial charge in [0.1, 0.15) is 0 Å². The highest BCUT2D eigenvalue weighted by Crippen LogP contribution is 2.34. The average molecular weight is 499 g/mol. The van der Waals surface area contributed by atoms with Gasteiger partial charge in [-0.15, -0.1) is 11.8 Å². The fourth-order valence-corrected chi connectivity index (χ4v) is 3.88. The number of carbonyl (C=O) groups is 3. The largest absolute Gasteiger partial charge is 0.493 e. The Balaban J connectivity index is 1.55. The van der Waals surface area contributed by atoms with E-state index in [0.29, 0.717) is 12.3 Å². The molecule has 0 unspecified atom stereocenters. The maximum absolute atomic E-state index is 12.8. The number of anilines is 1. The monoisotopic (exact) mass is 498 g/mol. The molecule has 2 aromatic carbocycles. The summed E-state index contributed by atoms with van der Waals surface area (Å²) in [4.78, 5) is 38.5. The van der Waals surface area contributed by atoms with E-state index in [9.17, 15) is 14.4 Å². The number of furan rings is 1. The van der Waals surface area contributed by atoms with Gasteiger partial charge < -0.3 is 29.3 Å². The number of benzene rings is 2. The first-order valence-electron chi connectivity index (χ1n) is 10.7. The molecule has 1 aromatic heterocycles. The Hall–Kier alpha value is -3.92. The highest BCUT2D eigenvalue weighted by molar-refractivity contribution is 7.99. The zero-order valence-electron chi connectivity index (χ0n) is 19.4. The number of thioether (sulfide) groups is 1. The number of hydrogen-bond donors (Lipinski definition) is 2. The first-order chi connectivity index (χ1) is 17.0. The standard InChI is InChI=1S/C25H26N2O7S/c1-31-21-14-18(19(15-22(21)32-2)27-24(29)20-10-6-12-33-20)25(30)34-16-23(28)26-11-7-13-35-17-8-4-3-5-9-17/h3-6,8-10,12,14-15H,7,11,13,16H2,1-2H3,(H,26,28)(H,27,29). The molecule has 0 fully saturated rings. The molecule has 10 heteroatoms. The van der Waals surface area contributed by atoms with Gasteiger partial charge in [-0.25, -0.2) is 4.79 Å². The van der Waals surface area contributed by atoms with E-state index in [2.05, 4.69) is 10.6 Å². The Bertz CT molecular complexity index is 1130. The second-order valence-corrected chi connectivity index (χ2v) is 8.29. The third-order valence-electron chi connectivity index (χ3n) is 4.73. The van der Waals surface area contributed by atoms with Crippen molar-refractivity contribution in [2.45, 2.75) is 11.3 Å². The highest BCUT2D eigenvalue weighted by Gasteiger charge is 2.21. The molecule has 0 atom stereocenters. The number of nitrogens with one attached hydrogen (secondary N) is 2. The van der Waals surface area contributed by atoms with Crippen LogP contribution in [0.1, 0.15) is 27.3 Å². The number of methoxy groups -OCH3 is 2. The Morgan fingerprint density at radius 1 is 0.971 bits per heavy atom. The van der Waals surface area contributed by atoms with Crippen LogP contribution in [0.25, 0.3) is 0 Å². The van der Waals surface area contributed by atoms with Crippen molar-refractivity contribution in [1.29, 1.82) is 0 Å². The van der Waals surface area contributed by atoms with Crippen LogP contribution in [0.15, 0.2) is 70.2 Å². The molecule has 1 heterocycles. The molecule has 0 spiro atoms. The van der Waals surface area contributed by atoms with Gasteiger partial charge in [0.15, 0.2) is 23.9 Å². The first-order valence-corrected chi connectivity index (χ1v) is 11.7. The summed E-state index contributed by atoms with van der Waals surface area (Å²) in [6.45, 7) is -0.0123. The van der Waals surface area contributed by atoms with Crippen molar-refractivity contribution in [2.75, 3.05) is 38.4 Å². The van der Waals surface area contributed by atoms with Crippen molar-refractivity contribution >= 4 is 35.2 Å². The van der Waals surface area contributed by atoms with Crippen LogP contribution in [0, 0.1) is 0 Å². The van der Waals surface area contributed by atoms with Gasteiger partial charge >= 0.3 is 5.97 Å². The maximum atomic E-state index is 12.8. The van der Waals surface area contributed by atoms with Crippen LogP contribution >= 0.6 is 11.8 Å². The minimum Gasteiger partial charge on any atom is -0.493 e. The molecule has 0 aliphatic rings. The molecule has 0 aliphatic carbocycles. The summed E-state index contributed by atoms with van der Waals surface area (Å²) in [5, 5.41) is 5.32. The Morgan fingerprint density at radius 3 is 2.40 bits per heavy atom. The molecule has 2 N–H and O–H groups in total. The Morgan fingerprint density at radius 2 is 1.71 bits per heavy atom. The van der Waals surface area contributed by atoms with Crippen molar-refractivity contribution in [1.82, 2.24) is 5.32 Å². The lowest BCUT2D eigenvalue weighted by Crippen LogP contribution is -2.30. The van der Waals surface area contributed by atoms with Gasteiger partial charge in [0.25, 0.3) is 11.8 Å². The van der Waals surface area contributed by atoms with Crippen molar-refractivity contribution in [3.63, 3.8) is 0 Å². The minimum atomic E-state index is -0.810. The second-order valence-electron chi connectivity index (χ2n) is 7.13. The number of esters is 1. The fourth-order valence-electron chi connectivity index (χ4n) is 3.01. The first kappa shape index (κ1) is 25.7. The van der Waals surface area contributed by atoms with E-state index < -0.39 is 24.4 Å². The lowest BCUT2D eigenvalue weighted by atomic mass is 10.1. The van der Waals surface area contributed by atoms with Gasteiger partial charge in [0, 0.05) is 23.6 Å². The van der Waals surface area contributed by atoms with E-state index in [4.69, 9.17) is 18.6 Å². The fraction of sp³-hybridized carbons (Fsp3) is 0.240.